The highest BCUT2D eigenvalue weighted by molar-refractivity contribution is 5.52. The van der Waals surface area contributed by atoms with Crippen molar-refractivity contribution >= 4 is 5.69 Å². The Balaban J connectivity index is 1.58. The van der Waals surface area contributed by atoms with E-state index < -0.39 is 5.92 Å². The summed E-state index contributed by atoms with van der Waals surface area (Å²) < 4.78 is 41.0. The van der Waals surface area contributed by atoms with E-state index in [0.29, 0.717) is 17.4 Å². The molecule has 186 valence electrons. The highest BCUT2D eigenvalue weighted by Crippen LogP contribution is 2.53. The average Bonchev–Trinajstić information content (AvgIpc) is 2.81. The van der Waals surface area contributed by atoms with Crippen LogP contribution in [-0.2, 0) is 15.4 Å². The summed E-state index contributed by atoms with van der Waals surface area (Å²) in [5.41, 5.74) is 2.82. The molecule has 2 aromatic rings. The Bertz CT molecular complexity index is 951. The highest BCUT2D eigenvalue weighted by atomic mass is 19.3. The lowest BCUT2D eigenvalue weighted by atomic mass is 9.68. The molecule has 0 radical (unpaired) electrons. The van der Waals surface area contributed by atoms with E-state index in [2.05, 4.69) is 43.0 Å². The molecule has 2 aromatic carbocycles. The van der Waals surface area contributed by atoms with Gasteiger partial charge in [-0.05, 0) is 66.5 Å². The molecule has 1 heterocycles. The van der Waals surface area contributed by atoms with Gasteiger partial charge in [-0.25, -0.2) is 8.78 Å². The van der Waals surface area contributed by atoms with Crippen LogP contribution < -0.4 is 4.90 Å². The molecular formula is C28H37F2NO3. The van der Waals surface area contributed by atoms with Gasteiger partial charge in [0.15, 0.2) is 6.29 Å². The van der Waals surface area contributed by atoms with Crippen molar-refractivity contribution < 1.29 is 23.4 Å². The second-order valence-corrected chi connectivity index (χ2v) is 10.3. The maximum atomic E-state index is 15.1. The van der Waals surface area contributed by atoms with E-state index >= 15 is 8.78 Å². The number of halogens is 2. The van der Waals surface area contributed by atoms with Crippen molar-refractivity contribution in [2.75, 3.05) is 32.2 Å². The van der Waals surface area contributed by atoms with Crippen molar-refractivity contribution in [1.29, 1.82) is 0 Å². The second kappa shape index (κ2) is 10.2. The number of phenolic OH excluding ortho intramolecular Hbond substituents is 1. The van der Waals surface area contributed by atoms with Crippen molar-refractivity contribution in [2.45, 2.75) is 57.7 Å². The summed E-state index contributed by atoms with van der Waals surface area (Å²) in [5.74, 6) is -2.60. The van der Waals surface area contributed by atoms with E-state index in [9.17, 15) is 5.11 Å². The zero-order valence-corrected chi connectivity index (χ0v) is 20.6. The third-order valence-corrected chi connectivity index (χ3v) is 7.54. The van der Waals surface area contributed by atoms with E-state index in [1.54, 1.807) is 20.3 Å². The van der Waals surface area contributed by atoms with Crippen LogP contribution in [0.25, 0.3) is 0 Å². The van der Waals surface area contributed by atoms with Crippen molar-refractivity contribution in [1.82, 2.24) is 0 Å². The largest absolute Gasteiger partial charge is 0.508 e. The first kappa shape index (κ1) is 24.9. The fourth-order valence-corrected chi connectivity index (χ4v) is 6.02. The fraction of sp³-hybridized carbons (Fsp3) is 0.571. The van der Waals surface area contributed by atoms with Gasteiger partial charge in [0.1, 0.15) is 5.75 Å². The molecule has 1 saturated heterocycles. The van der Waals surface area contributed by atoms with Gasteiger partial charge in [0.25, 0.3) is 5.92 Å². The second-order valence-electron chi connectivity index (χ2n) is 10.3. The zero-order valence-electron chi connectivity index (χ0n) is 20.6. The minimum absolute atomic E-state index is 0.0329. The number of fused-ring (bicyclic) bond motifs is 1. The summed E-state index contributed by atoms with van der Waals surface area (Å²) >= 11 is 0. The predicted molar refractivity (Wildman–Crippen MR) is 131 cm³/mol. The molecule has 34 heavy (non-hydrogen) atoms. The SMILES string of the molecule is COC(OC)C1CCN(c2ccc([C@@H]3c4ccc(O)cc4C(F)(F)C[C@@H]3CC(C)C)cc2)CC1. The van der Waals surface area contributed by atoms with Gasteiger partial charge < -0.3 is 19.5 Å². The van der Waals surface area contributed by atoms with Gasteiger partial charge >= 0.3 is 0 Å². The van der Waals surface area contributed by atoms with Crippen LogP contribution in [0.1, 0.15) is 62.1 Å². The number of aromatic hydroxyl groups is 1. The first-order valence-electron chi connectivity index (χ1n) is 12.3. The monoisotopic (exact) mass is 473 g/mol. The van der Waals surface area contributed by atoms with Crippen molar-refractivity contribution in [3.63, 3.8) is 0 Å². The molecule has 0 unspecified atom stereocenters. The van der Waals surface area contributed by atoms with Crippen LogP contribution >= 0.6 is 0 Å². The number of nitrogens with zero attached hydrogens (tertiary/aromatic N) is 1. The standard InChI is InChI=1S/C28H37F2NO3/c1-18(2)15-21-17-28(29,30)25-16-23(32)9-10-24(25)26(21)19-5-7-22(8-6-19)31-13-11-20(12-14-31)27(33-3)34-4/h5-10,16,18,20-21,26-27,32H,11-15,17H2,1-4H3/t21-,26-/m0/s1. The molecule has 1 aliphatic carbocycles. The number of rotatable bonds is 7. The topological polar surface area (TPSA) is 41.9 Å². The van der Waals surface area contributed by atoms with E-state index in [1.807, 2.05) is 0 Å². The Hall–Kier alpha value is -2.18. The minimum atomic E-state index is -2.93. The van der Waals surface area contributed by atoms with E-state index in [1.165, 1.54) is 12.1 Å². The fourth-order valence-electron chi connectivity index (χ4n) is 6.02. The summed E-state index contributed by atoms with van der Waals surface area (Å²) in [7, 11) is 3.37. The summed E-state index contributed by atoms with van der Waals surface area (Å²) in [6.07, 6.45) is 2.38. The molecule has 4 nitrogen and oxygen atoms in total. The lowest BCUT2D eigenvalue weighted by Crippen LogP contribution is -2.39. The van der Waals surface area contributed by atoms with Crippen molar-refractivity contribution in [2.24, 2.45) is 17.8 Å². The average molecular weight is 474 g/mol. The van der Waals surface area contributed by atoms with Gasteiger partial charge in [-0.3, -0.25) is 0 Å². The van der Waals surface area contributed by atoms with Gasteiger partial charge in [0.05, 0.1) is 0 Å². The Labute approximate surface area is 201 Å². The lowest BCUT2D eigenvalue weighted by Gasteiger charge is -2.39. The molecule has 0 amide bonds. The number of ether oxygens (including phenoxy) is 2. The first-order chi connectivity index (χ1) is 16.2. The number of piperidine rings is 1. The van der Waals surface area contributed by atoms with Gasteiger partial charge in [-0.1, -0.05) is 32.0 Å². The molecule has 1 N–H and O–H groups in total. The third kappa shape index (κ3) is 5.08. The van der Waals surface area contributed by atoms with Gasteiger partial charge in [0, 0.05) is 56.8 Å². The number of benzene rings is 2. The van der Waals surface area contributed by atoms with Crippen LogP contribution in [0.2, 0.25) is 0 Å². The van der Waals surface area contributed by atoms with E-state index in [4.69, 9.17) is 9.47 Å². The summed E-state index contributed by atoms with van der Waals surface area (Å²) in [6.45, 7) is 6.04. The Kier molecular flexibility index (Phi) is 7.48. The number of methoxy groups -OCH3 is 2. The minimum Gasteiger partial charge on any atom is -0.508 e. The maximum Gasteiger partial charge on any atom is 0.273 e. The van der Waals surface area contributed by atoms with E-state index in [-0.39, 0.29) is 35.9 Å². The Morgan fingerprint density at radius 3 is 2.26 bits per heavy atom. The number of hydrogen-bond donors (Lipinski definition) is 1. The molecule has 1 fully saturated rings. The molecule has 2 aliphatic rings. The van der Waals surface area contributed by atoms with E-state index in [0.717, 1.165) is 43.6 Å². The first-order valence-corrected chi connectivity index (χ1v) is 12.3. The summed E-state index contributed by atoms with van der Waals surface area (Å²) in [4.78, 5) is 2.37. The Morgan fingerprint density at radius 1 is 1.03 bits per heavy atom. The molecule has 2 atom stereocenters. The molecular weight excluding hydrogens is 436 g/mol. The van der Waals surface area contributed by atoms with Gasteiger partial charge in [0.2, 0.25) is 0 Å². The molecule has 0 bridgehead atoms. The zero-order chi connectivity index (χ0) is 24.5. The van der Waals surface area contributed by atoms with Crippen LogP contribution in [0.3, 0.4) is 0 Å². The number of anilines is 1. The molecule has 6 heteroatoms. The van der Waals surface area contributed by atoms with Crippen molar-refractivity contribution in [3.8, 4) is 5.75 Å². The molecule has 0 spiro atoms. The molecule has 4 rings (SSSR count). The molecule has 0 saturated carbocycles. The van der Waals surface area contributed by atoms with Crippen LogP contribution in [0, 0.1) is 17.8 Å². The predicted octanol–water partition coefficient (Wildman–Crippen LogP) is 6.52. The van der Waals surface area contributed by atoms with Gasteiger partial charge in [-0.2, -0.15) is 0 Å². The number of alkyl halides is 2. The highest BCUT2D eigenvalue weighted by Gasteiger charge is 2.46. The Morgan fingerprint density at radius 2 is 1.68 bits per heavy atom. The lowest BCUT2D eigenvalue weighted by molar-refractivity contribution is -0.141. The third-order valence-electron chi connectivity index (χ3n) is 7.54. The molecule has 0 aromatic heterocycles. The normalized spacial score (nSPS) is 22.9. The van der Waals surface area contributed by atoms with Crippen LogP contribution in [0.15, 0.2) is 42.5 Å². The van der Waals surface area contributed by atoms with Gasteiger partial charge in [-0.15, -0.1) is 0 Å². The summed E-state index contributed by atoms with van der Waals surface area (Å²) in [5, 5.41) is 9.90. The molecule has 1 aliphatic heterocycles. The quantitative estimate of drug-likeness (QED) is 0.465. The van der Waals surface area contributed by atoms with Crippen LogP contribution in [0.4, 0.5) is 14.5 Å². The maximum absolute atomic E-state index is 15.1. The van der Waals surface area contributed by atoms with Crippen LogP contribution in [0.5, 0.6) is 5.75 Å². The van der Waals surface area contributed by atoms with Crippen LogP contribution in [-0.4, -0.2) is 38.7 Å². The smallest absolute Gasteiger partial charge is 0.273 e. The summed E-state index contributed by atoms with van der Waals surface area (Å²) in [6, 6.07) is 12.9. The number of phenols is 1. The van der Waals surface area contributed by atoms with Crippen molar-refractivity contribution in [3.05, 3.63) is 59.2 Å². The number of hydrogen-bond acceptors (Lipinski definition) is 4.